The zero-order valence-corrected chi connectivity index (χ0v) is 16.2. The van der Waals surface area contributed by atoms with Crippen LogP contribution in [0.3, 0.4) is 0 Å². The Morgan fingerprint density at radius 3 is 1.54 bits per heavy atom. The monoisotopic (exact) mass is 416 g/mol. The Morgan fingerprint density at radius 1 is 0.769 bits per heavy atom. The number of morpholine rings is 3. The second kappa shape index (κ2) is 8.81. The number of nitrogens with zero attached hydrogens (tertiary/aromatic N) is 4. The minimum atomic E-state index is -4.56. The predicted molar refractivity (Wildman–Crippen MR) is 95.0 cm³/mol. The molecule has 0 aromatic rings. The van der Waals surface area contributed by atoms with Gasteiger partial charge in [0.1, 0.15) is 0 Å². The molecule has 0 amide bonds. The van der Waals surface area contributed by atoms with Crippen LogP contribution in [-0.2, 0) is 26.0 Å². The predicted octanol–water partition coefficient (Wildman–Crippen LogP) is 1.17. The van der Waals surface area contributed by atoms with Gasteiger partial charge in [-0.2, -0.15) is 13.2 Å². The van der Waals surface area contributed by atoms with Crippen LogP contribution in [0.1, 0.15) is 0 Å². The van der Waals surface area contributed by atoms with E-state index in [-0.39, 0.29) is 26.3 Å². The number of ether oxygens (including phenoxy) is 3. The summed E-state index contributed by atoms with van der Waals surface area (Å²) in [7, 11) is 0. The zero-order valence-electron chi connectivity index (χ0n) is 14.5. The summed E-state index contributed by atoms with van der Waals surface area (Å²) < 4.78 is 65.5. The van der Waals surface area contributed by atoms with E-state index in [9.17, 15) is 13.2 Å². The summed E-state index contributed by atoms with van der Waals surface area (Å²) in [4.78, 5) is 1.26. The maximum absolute atomic E-state index is 13.8. The lowest BCUT2D eigenvalue weighted by atomic mass is 10.4. The third-order valence-corrected chi connectivity index (χ3v) is 8.86. The number of amidine groups is 1. The van der Waals surface area contributed by atoms with Crippen molar-refractivity contribution < 1.29 is 27.4 Å². The van der Waals surface area contributed by atoms with E-state index < -0.39 is 18.5 Å². The molecule has 3 fully saturated rings. The van der Waals surface area contributed by atoms with E-state index >= 15 is 0 Å². The van der Waals surface area contributed by atoms with E-state index in [2.05, 4.69) is 4.76 Å². The Bertz CT molecular complexity index is 526. The Hall–Kier alpha value is -0.290. The third-order valence-electron chi connectivity index (χ3n) is 4.50. The Balaban J connectivity index is 1.96. The zero-order chi connectivity index (χ0) is 18.6. The molecule has 3 aliphatic rings. The summed E-state index contributed by atoms with van der Waals surface area (Å²) in [6.45, 7) is 1.68. The highest BCUT2D eigenvalue weighted by Gasteiger charge is 2.44. The highest BCUT2D eigenvalue weighted by Crippen LogP contribution is 2.56. The molecular formula is C14H24F3N4O3PS. The largest absolute Gasteiger partial charge is 0.449 e. The van der Waals surface area contributed by atoms with Crippen LogP contribution in [0, 0.1) is 0 Å². The van der Waals surface area contributed by atoms with Gasteiger partial charge >= 0.3 is 6.18 Å². The van der Waals surface area contributed by atoms with Gasteiger partial charge in [-0.05, 0) is 11.8 Å². The van der Waals surface area contributed by atoms with Crippen molar-refractivity contribution in [1.82, 2.24) is 14.2 Å². The number of hydrogen-bond donors (Lipinski definition) is 0. The molecule has 3 heterocycles. The fourth-order valence-electron chi connectivity index (χ4n) is 3.13. The van der Waals surface area contributed by atoms with Gasteiger partial charge in [0.05, 0.1) is 39.6 Å². The van der Waals surface area contributed by atoms with Crippen molar-refractivity contribution in [2.75, 3.05) is 78.9 Å². The van der Waals surface area contributed by atoms with Gasteiger partial charge in [0.25, 0.3) is 0 Å². The molecule has 3 rings (SSSR count). The first-order chi connectivity index (χ1) is 12.4. The molecule has 0 spiro atoms. The summed E-state index contributed by atoms with van der Waals surface area (Å²) in [5, 5.41) is 0. The van der Waals surface area contributed by atoms with Gasteiger partial charge in [-0.25, -0.2) is 14.1 Å². The minimum Gasteiger partial charge on any atom is -0.379 e. The summed E-state index contributed by atoms with van der Waals surface area (Å²) in [5.41, 5.74) is 0. The lowest BCUT2D eigenvalue weighted by Crippen LogP contribution is -2.48. The second-order valence-electron chi connectivity index (χ2n) is 6.17. The van der Waals surface area contributed by atoms with Crippen molar-refractivity contribution in [1.29, 1.82) is 0 Å². The first-order valence-electron chi connectivity index (χ1n) is 8.68. The van der Waals surface area contributed by atoms with Crippen LogP contribution in [0.2, 0.25) is 0 Å². The average Bonchev–Trinajstić information content (AvgIpc) is 2.67. The minimum absolute atomic E-state index is 0.167. The Kier molecular flexibility index (Phi) is 6.93. The lowest BCUT2D eigenvalue weighted by Gasteiger charge is -2.43. The third kappa shape index (κ3) is 4.76. The molecule has 0 aliphatic carbocycles. The molecule has 7 nitrogen and oxygen atoms in total. The molecule has 0 saturated carbocycles. The topological polar surface area (TPSA) is 49.8 Å². The van der Waals surface area contributed by atoms with Crippen LogP contribution in [0.4, 0.5) is 13.2 Å². The number of halogens is 3. The van der Waals surface area contributed by atoms with Crippen molar-refractivity contribution >= 4 is 24.1 Å². The molecule has 0 bridgehead atoms. The van der Waals surface area contributed by atoms with Crippen molar-refractivity contribution in [3.63, 3.8) is 0 Å². The molecule has 0 aromatic heterocycles. The lowest BCUT2D eigenvalue weighted by molar-refractivity contribution is -0.0730. The van der Waals surface area contributed by atoms with E-state index in [1.54, 1.807) is 0 Å². The Labute approximate surface area is 156 Å². The van der Waals surface area contributed by atoms with E-state index in [1.807, 2.05) is 9.34 Å². The highest BCUT2D eigenvalue weighted by atomic mass is 32.4. The van der Waals surface area contributed by atoms with Crippen LogP contribution >= 0.6 is 6.49 Å². The van der Waals surface area contributed by atoms with Crippen LogP contribution in [0.25, 0.3) is 0 Å². The van der Waals surface area contributed by atoms with Crippen molar-refractivity contribution in [2.24, 2.45) is 4.76 Å². The van der Waals surface area contributed by atoms with Crippen molar-refractivity contribution in [3.8, 4) is 0 Å². The molecular weight excluding hydrogens is 392 g/mol. The van der Waals surface area contributed by atoms with Crippen molar-refractivity contribution in [2.45, 2.75) is 6.18 Å². The molecule has 26 heavy (non-hydrogen) atoms. The molecule has 0 radical (unpaired) electrons. The standard InChI is InChI=1S/C14H24F3N4O3PS/c15-14(16,17)13(19-1-7-22-8-2-19)18-25(26,20-3-9-23-10-4-20)21-5-11-24-12-6-21/h1-12H2/b18-13-. The van der Waals surface area contributed by atoms with E-state index in [1.165, 1.54) is 4.90 Å². The molecule has 12 heteroatoms. The fourth-order valence-corrected chi connectivity index (χ4v) is 6.81. The van der Waals surface area contributed by atoms with Gasteiger partial charge < -0.3 is 19.1 Å². The van der Waals surface area contributed by atoms with Crippen LogP contribution in [0.15, 0.2) is 4.76 Å². The molecule has 0 N–H and O–H groups in total. The SMILES string of the molecule is FC(F)(F)/C(=N/P(=S)(N1CCOCC1)N1CCOCC1)N1CCOCC1. The fraction of sp³-hybridized carbons (Fsp3) is 0.929. The Morgan fingerprint density at radius 2 is 1.15 bits per heavy atom. The first-order valence-corrected chi connectivity index (χ1v) is 11.3. The molecule has 0 unspecified atom stereocenters. The quantitative estimate of drug-likeness (QED) is 0.389. The van der Waals surface area contributed by atoms with Crippen LogP contribution in [-0.4, -0.2) is 105 Å². The van der Waals surface area contributed by atoms with Gasteiger partial charge in [-0.1, -0.05) is 0 Å². The molecule has 3 aliphatic heterocycles. The van der Waals surface area contributed by atoms with Gasteiger partial charge in [0.15, 0.2) is 6.49 Å². The van der Waals surface area contributed by atoms with Crippen LogP contribution in [0.5, 0.6) is 0 Å². The summed E-state index contributed by atoms with van der Waals surface area (Å²) in [5.74, 6) is -0.873. The van der Waals surface area contributed by atoms with Gasteiger partial charge in [-0.3, -0.25) is 0 Å². The summed E-state index contributed by atoms with van der Waals surface area (Å²) >= 11 is 5.86. The van der Waals surface area contributed by atoms with E-state index in [4.69, 9.17) is 26.0 Å². The number of hydrogen-bond acceptors (Lipinski definition) is 4. The summed E-state index contributed by atoms with van der Waals surface area (Å²) in [6.07, 6.45) is -4.56. The number of rotatable bonds is 3. The second-order valence-corrected chi connectivity index (χ2v) is 9.99. The van der Waals surface area contributed by atoms with Gasteiger partial charge in [0.2, 0.25) is 5.84 Å². The smallest absolute Gasteiger partial charge is 0.379 e. The maximum Gasteiger partial charge on any atom is 0.449 e. The first kappa shape index (κ1) is 20.4. The van der Waals surface area contributed by atoms with E-state index in [0.29, 0.717) is 52.6 Å². The molecule has 150 valence electrons. The number of alkyl halides is 3. The highest BCUT2D eigenvalue weighted by molar-refractivity contribution is 8.11. The van der Waals surface area contributed by atoms with Crippen LogP contribution < -0.4 is 0 Å². The van der Waals surface area contributed by atoms with E-state index in [0.717, 1.165) is 0 Å². The van der Waals surface area contributed by atoms with Gasteiger partial charge in [0, 0.05) is 39.3 Å². The molecule has 0 aromatic carbocycles. The maximum atomic E-state index is 13.8. The summed E-state index contributed by atoms with van der Waals surface area (Å²) in [6, 6.07) is 0. The van der Waals surface area contributed by atoms with Crippen molar-refractivity contribution in [3.05, 3.63) is 0 Å². The van der Waals surface area contributed by atoms with Gasteiger partial charge in [-0.15, -0.1) is 0 Å². The normalized spacial score (nSPS) is 25.5. The molecule has 3 saturated heterocycles. The average molecular weight is 416 g/mol. The molecule has 0 atom stereocenters.